The number of amides is 1. The van der Waals surface area contributed by atoms with Crippen molar-refractivity contribution < 1.29 is 13.6 Å². The van der Waals surface area contributed by atoms with Crippen molar-refractivity contribution in [3.8, 4) is 0 Å². The first kappa shape index (κ1) is 16.8. The number of hydrogen-bond acceptors (Lipinski definition) is 4. The van der Waals surface area contributed by atoms with E-state index in [2.05, 4.69) is 15.4 Å². The molecule has 3 rings (SSSR count). The van der Waals surface area contributed by atoms with Crippen molar-refractivity contribution in [2.45, 2.75) is 31.6 Å². The van der Waals surface area contributed by atoms with Gasteiger partial charge in [0.1, 0.15) is 11.3 Å². The minimum Gasteiger partial charge on any atom is -0.352 e. The van der Waals surface area contributed by atoms with Crippen LogP contribution in [-0.2, 0) is 0 Å². The summed E-state index contributed by atoms with van der Waals surface area (Å²) in [5, 5.41) is 6.74. The zero-order valence-corrected chi connectivity index (χ0v) is 13.8. The fraction of sp³-hybridized carbons (Fsp3) is 0.562. The van der Waals surface area contributed by atoms with Gasteiger partial charge < -0.3 is 10.2 Å². The van der Waals surface area contributed by atoms with Crippen molar-refractivity contribution in [1.29, 1.82) is 0 Å². The van der Waals surface area contributed by atoms with E-state index in [0.29, 0.717) is 12.2 Å². The van der Waals surface area contributed by atoms with Crippen LogP contribution in [0.25, 0.3) is 5.65 Å². The molecule has 2 aromatic rings. The summed E-state index contributed by atoms with van der Waals surface area (Å²) >= 11 is 0. The molecule has 1 N–H and O–H groups in total. The maximum Gasteiger partial charge on any atom is 0.280 e. The van der Waals surface area contributed by atoms with Crippen LogP contribution >= 0.6 is 0 Å². The van der Waals surface area contributed by atoms with Crippen molar-refractivity contribution in [2.24, 2.45) is 0 Å². The molecule has 0 atom stereocenters. The topological polar surface area (TPSA) is 62.5 Å². The second-order valence-corrected chi connectivity index (χ2v) is 6.39. The number of hydrogen-bond donors (Lipinski definition) is 1. The summed E-state index contributed by atoms with van der Waals surface area (Å²) in [5.41, 5.74) is 0.859. The quantitative estimate of drug-likeness (QED) is 0.787. The molecule has 1 saturated carbocycles. The highest BCUT2D eigenvalue weighted by Crippen LogP contribution is 2.40. The fourth-order valence-electron chi connectivity index (χ4n) is 2.60. The average molecular weight is 337 g/mol. The summed E-state index contributed by atoms with van der Waals surface area (Å²) in [7, 11) is 3.92. The molecule has 130 valence electrons. The number of aromatic nitrogens is 3. The Hall–Kier alpha value is -2.09. The van der Waals surface area contributed by atoms with Gasteiger partial charge in [0.15, 0.2) is 5.65 Å². The zero-order valence-electron chi connectivity index (χ0n) is 13.8. The summed E-state index contributed by atoms with van der Waals surface area (Å²) in [6.07, 6.45) is 1.36. The molecular formula is C16H21F2N5O. The van der Waals surface area contributed by atoms with Gasteiger partial charge in [0.2, 0.25) is 0 Å². The third-order valence-corrected chi connectivity index (χ3v) is 4.05. The van der Waals surface area contributed by atoms with Crippen LogP contribution in [0.15, 0.2) is 12.3 Å². The first-order chi connectivity index (χ1) is 11.5. The van der Waals surface area contributed by atoms with E-state index in [-0.39, 0.29) is 28.7 Å². The van der Waals surface area contributed by atoms with Crippen LogP contribution in [0.2, 0.25) is 0 Å². The molecule has 1 fully saturated rings. The Bertz CT molecular complexity index is 739. The number of rotatable bonds is 7. The molecule has 0 aromatic carbocycles. The first-order valence-electron chi connectivity index (χ1n) is 8.07. The number of nitrogens with one attached hydrogen (secondary N) is 1. The van der Waals surface area contributed by atoms with E-state index in [1.807, 2.05) is 19.0 Å². The lowest BCUT2D eigenvalue weighted by Crippen LogP contribution is -2.27. The van der Waals surface area contributed by atoms with Gasteiger partial charge in [-0.15, -0.1) is 0 Å². The second-order valence-electron chi connectivity index (χ2n) is 6.39. The minimum atomic E-state index is -2.66. The maximum atomic E-state index is 13.3. The Balaban J connectivity index is 1.84. The molecule has 1 aliphatic rings. The molecular weight excluding hydrogens is 316 g/mol. The molecule has 6 nitrogen and oxygen atoms in total. The number of carbonyl (C=O) groups is 1. The van der Waals surface area contributed by atoms with Crippen molar-refractivity contribution >= 4 is 11.6 Å². The maximum absolute atomic E-state index is 13.3. The lowest BCUT2D eigenvalue weighted by Gasteiger charge is -2.10. The summed E-state index contributed by atoms with van der Waals surface area (Å²) in [6.45, 7) is 1.37. The van der Waals surface area contributed by atoms with Gasteiger partial charge in [-0.05, 0) is 46.0 Å². The van der Waals surface area contributed by atoms with E-state index in [1.165, 1.54) is 12.3 Å². The van der Waals surface area contributed by atoms with Crippen molar-refractivity contribution in [1.82, 2.24) is 24.8 Å². The van der Waals surface area contributed by atoms with Crippen LogP contribution < -0.4 is 5.32 Å². The van der Waals surface area contributed by atoms with Gasteiger partial charge in [-0.1, -0.05) is 0 Å². The highest BCUT2D eigenvalue weighted by molar-refractivity contribution is 5.99. The third-order valence-electron chi connectivity index (χ3n) is 4.05. The summed E-state index contributed by atoms with van der Waals surface area (Å²) in [4.78, 5) is 18.8. The number of nitrogens with zero attached hydrogens (tertiary/aromatic N) is 4. The molecule has 2 aromatic heterocycles. The predicted molar refractivity (Wildman–Crippen MR) is 85.4 cm³/mol. The van der Waals surface area contributed by atoms with E-state index in [9.17, 15) is 13.6 Å². The SMILES string of the molecule is CN(C)CCCNC(=O)c1cnn2c(C(F)F)cc(C3CC3)nc12. The van der Waals surface area contributed by atoms with Crippen LogP contribution in [0, 0.1) is 0 Å². The largest absolute Gasteiger partial charge is 0.352 e. The smallest absolute Gasteiger partial charge is 0.280 e. The Labute approximate surface area is 138 Å². The van der Waals surface area contributed by atoms with Crippen LogP contribution in [-0.4, -0.2) is 52.6 Å². The summed E-state index contributed by atoms with van der Waals surface area (Å²) in [5.74, 6) is -0.108. The number of alkyl halides is 2. The lowest BCUT2D eigenvalue weighted by atomic mass is 10.2. The van der Waals surface area contributed by atoms with Crippen LogP contribution in [0.1, 0.15) is 53.4 Å². The second kappa shape index (κ2) is 6.80. The van der Waals surface area contributed by atoms with Crippen LogP contribution in [0.5, 0.6) is 0 Å². The van der Waals surface area contributed by atoms with Crippen molar-refractivity contribution in [3.05, 3.63) is 29.2 Å². The molecule has 0 unspecified atom stereocenters. The van der Waals surface area contributed by atoms with Gasteiger partial charge in [-0.3, -0.25) is 4.79 Å². The molecule has 0 bridgehead atoms. The lowest BCUT2D eigenvalue weighted by molar-refractivity contribution is 0.0953. The van der Waals surface area contributed by atoms with Crippen LogP contribution in [0.3, 0.4) is 0 Å². The Morgan fingerprint density at radius 2 is 2.21 bits per heavy atom. The van der Waals surface area contributed by atoms with Gasteiger partial charge in [0.05, 0.1) is 6.20 Å². The summed E-state index contributed by atoms with van der Waals surface area (Å²) in [6, 6.07) is 1.40. The normalized spacial score (nSPS) is 14.8. The summed E-state index contributed by atoms with van der Waals surface area (Å²) < 4.78 is 27.7. The van der Waals surface area contributed by atoms with E-state index < -0.39 is 6.43 Å². The van der Waals surface area contributed by atoms with Gasteiger partial charge in [0, 0.05) is 18.2 Å². The Morgan fingerprint density at radius 1 is 1.46 bits per heavy atom. The number of carbonyl (C=O) groups excluding carboxylic acids is 1. The molecule has 1 amide bonds. The Kier molecular flexibility index (Phi) is 4.75. The third kappa shape index (κ3) is 3.53. The highest BCUT2D eigenvalue weighted by Gasteiger charge is 2.29. The number of fused-ring (bicyclic) bond motifs is 1. The molecule has 0 saturated heterocycles. The van der Waals surface area contributed by atoms with E-state index >= 15 is 0 Å². The highest BCUT2D eigenvalue weighted by atomic mass is 19.3. The van der Waals surface area contributed by atoms with E-state index in [0.717, 1.165) is 30.3 Å². The molecule has 0 spiro atoms. The van der Waals surface area contributed by atoms with E-state index in [1.54, 1.807) is 0 Å². The van der Waals surface area contributed by atoms with Crippen molar-refractivity contribution in [2.75, 3.05) is 27.2 Å². The fourth-order valence-corrected chi connectivity index (χ4v) is 2.60. The van der Waals surface area contributed by atoms with Gasteiger partial charge in [-0.2, -0.15) is 5.10 Å². The molecule has 8 heteroatoms. The predicted octanol–water partition coefficient (Wildman–Crippen LogP) is 2.23. The molecule has 0 aliphatic heterocycles. The van der Waals surface area contributed by atoms with Gasteiger partial charge >= 0.3 is 0 Å². The Morgan fingerprint density at radius 3 is 2.83 bits per heavy atom. The first-order valence-corrected chi connectivity index (χ1v) is 8.07. The minimum absolute atomic E-state index is 0.208. The van der Waals surface area contributed by atoms with Gasteiger partial charge in [-0.25, -0.2) is 18.3 Å². The zero-order chi connectivity index (χ0) is 17.3. The standard InChI is InChI=1S/C16H21F2N5O/c1-22(2)7-3-6-19-16(24)11-9-20-23-13(14(17)18)8-12(10-4-5-10)21-15(11)23/h8-10,14H,3-7H2,1-2H3,(H,19,24). The molecule has 24 heavy (non-hydrogen) atoms. The van der Waals surface area contributed by atoms with Gasteiger partial charge in [0.25, 0.3) is 12.3 Å². The van der Waals surface area contributed by atoms with Crippen LogP contribution in [0.4, 0.5) is 8.78 Å². The van der Waals surface area contributed by atoms with E-state index in [4.69, 9.17) is 0 Å². The molecule has 1 aliphatic carbocycles. The molecule has 0 radical (unpaired) electrons. The monoisotopic (exact) mass is 337 g/mol. The average Bonchev–Trinajstić information content (AvgIpc) is 3.29. The van der Waals surface area contributed by atoms with Crippen molar-refractivity contribution in [3.63, 3.8) is 0 Å². The molecule has 2 heterocycles. The number of halogens is 2.